The molecule has 3 nitrogen and oxygen atoms in total. The van der Waals surface area contributed by atoms with Crippen molar-refractivity contribution < 1.29 is 0 Å². The molecule has 0 radical (unpaired) electrons. The third-order valence-corrected chi connectivity index (χ3v) is 13.3. The maximum atomic E-state index is 5.41. The first-order valence-corrected chi connectivity index (χ1v) is 22.5. The standard InChI is InChI=1S/C63H39N3/c1-2-15-44(16-3-1)63-65-59(43-28-24-40(25-29-43)47-17-12-32-64-39-47)38-60(66-63)50-34-48(57-36-45-30-26-41-13-4-6-18-51(41)61(45)55-22-10-8-20-53(55)57)33-49(35-50)58-37-46-31-27-42-14-5-7-19-52(42)62(46)56-23-11-9-21-54(56)58/h1-39H. The summed E-state index contributed by atoms with van der Waals surface area (Å²) >= 11 is 0. The van der Waals surface area contributed by atoms with E-state index < -0.39 is 0 Å². The molecular formula is C63H39N3. The van der Waals surface area contributed by atoms with Gasteiger partial charge in [-0.1, -0.05) is 182 Å². The van der Waals surface area contributed by atoms with Crippen LogP contribution in [-0.4, -0.2) is 15.0 Å². The average Bonchev–Trinajstić information content (AvgIpc) is 3.40. The number of fused-ring (bicyclic) bond motifs is 10. The molecular weight excluding hydrogens is 799 g/mol. The quantitative estimate of drug-likeness (QED) is 0.157. The van der Waals surface area contributed by atoms with Crippen LogP contribution in [0.1, 0.15) is 0 Å². The molecule has 0 spiro atoms. The second-order valence-corrected chi connectivity index (χ2v) is 17.2. The van der Waals surface area contributed by atoms with Gasteiger partial charge in [-0.25, -0.2) is 9.97 Å². The lowest BCUT2D eigenvalue weighted by Gasteiger charge is -2.18. The summed E-state index contributed by atoms with van der Waals surface area (Å²) < 4.78 is 0. The average molecular weight is 838 g/mol. The Hall–Kier alpha value is -8.79. The fourth-order valence-corrected chi connectivity index (χ4v) is 10.1. The fraction of sp³-hybridized carbons (Fsp3) is 0. The lowest BCUT2D eigenvalue weighted by molar-refractivity contribution is 1.18. The van der Waals surface area contributed by atoms with Crippen LogP contribution in [0.2, 0.25) is 0 Å². The summed E-state index contributed by atoms with van der Waals surface area (Å²) in [6.45, 7) is 0. The minimum Gasteiger partial charge on any atom is -0.264 e. The molecule has 66 heavy (non-hydrogen) atoms. The van der Waals surface area contributed by atoms with Gasteiger partial charge in [0.2, 0.25) is 0 Å². The van der Waals surface area contributed by atoms with Crippen molar-refractivity contribution in [2.24, 2.45) is 0 Å². The van der Waals surface area contributed by atoms with Crippen LogP contribution in [0, 0.1) is 0 Å². The Morgan fingerprint density at radius 2 is 0.712 bits per heavy atom. The van der Waals surface area contributed by atoms with E-state index in [1.54, 1.807) is 6.20 Å². The molecule has 2 aromatic heterocycles. The summed E-state index contributed by atoms with van der Waals surface area (Å²) in [6, 6.07) is 81.3. The number of pyridine rings is 1. The maximum absolute atomic E-state index is 5.41. The molecule has 0 atom stereocenters. The van der Waals surface area contributed by atoms with Crippen molar-refractivity contribution in [3.63, 3.8) is 0 Å². The summed E-state index contributed by atoms with van der Waals surface area (Å²) in [5, 5.41) is 14.9. The summed E-state index contributed by atoms with van der Waals surface area (Å²) in [7, 11) is 0. The van der Waals surface area contributed by atoms with Crippen molar-refractivity contribution in [3.05, 3.63) is 237 Å². The molecule has 13 aromatic rings. The molecule has 306 valence electrons. The Bertz CT molecular complexity index is 3850. The fourth-order valence-electron chi connectivity index (χ4n) is 10.1. The highest BCUT2D eigenvalue weighted by molar-refractivity contribution is 6.25. The number of aromatic nitrogens is 3. The van der Waals surface area contributed by atoms with Gasteiger partial charge in [0.25, 0.3) is 0 Å². The smallest absolute Gasteiger partial charge is 0.160 e. The number of hydrogen-bond donors (Lipinski definition) is 0. The van der Waals surface area contributed by atoms with Gasteiger partial charge in [-0.15, -0.1) is 0 Å². The van der Waals surface area contributed by atoms with Crippen LogP contribution in [0.3, 0.4) is 0 Å². The summed E-state index contributed by atoms with van der Waals surface area (Å²) in [5.41, 5.74) is 11.5. The highest BCUT2D eigenvalue weighted by Crippen LogP contribution is 2.44. The van der Waals surface area contributed by atoms with Crippen LogP contribution in [0.25, 0.3) is 132 Å². The van der Waals surface area contributed by atoms with E-state index >= 15 is 0 Å². The van der Waals surface area contributed by atoms with Gasteiger partial charge in [-0.3, -0.25) is 4.98 Å². The van der Waals surface area contributed by atoms with E-state index in [9.17, 15) is 0 Å². The van der Waals surface area contributed by atoms with Crippen molar-refractivity contribution in [2.75, 3.05) is 0 Å². The monoisotopic (exact) mass is 837 g/mol. The van der Waals surface area contributed by atoms with Crippen LogP contribution >= 0.6 is 0 Å². The Labute approximate surface area is 382 Å². The maximum Gasteiger partial charge on any atom is 0.160 e. The SMILES string of the molecule is c1ccc(-c2nc(-c3ccc(-c4cccnc4)cc3)cc(-c3cc(-c4cc5ccc6ccccc6c5c5ccccc45)cc(-c4cc5ccc6ccccc6c5c5ccccc45)c3)n2)cc1. The lowest BCUT2D eigenvalue weighted by Crippen LogP contribution is -1.97. The van der Waals surface area contributed by atoms with Crippen molar-refractivity contribution >= 4 is 64.6 Å². The molecule has 0 aliphatic rings. The Balaban J connectivity index is 1.09. The van der Waals surface area contributed by atoms with Gasteiger partial charge in [0, 0.05) is 29.1 Å². The van der Waals surface area contributed by atoms with Crippen molar-refractivity contribution in [3.8, 4) is 67.3 Å². The molecule has 0 amide bonds. The third kappa shape index (κ3) is 6.40. The van der Waals surface area contributed by atoms with E-state index in [0.29, 0.717) is 5.82 Å². The highest BCUT2D eigenvalue weighted by atomic mass is 14.9. The van der Waals surface area contributed by atoms with E-state index in [4.69, 9.17) is 9.97 Å². The van der Waals surface area contributed by atoms with Crippen LogP contribution < -0.4 is 0 Å². The predicted molar refractivity (Wildman–Crippen MR) is 277 cm³/mol. The minimum atomic E-state index is 0.678. The Morgan fingerprint density at radius 3 is 1.27 bits per heavy atom. The van der Waals surface area contributed by atoms with E-state index in [-0.39, 0.29) is 0 Å². The van der Waals surface area contributed by atoms with Crippen molar-refractivity contribution in [1.82, 2.24) is 15.0 Å². The van der Waals surface area contributed by atoms with Gasteiger partial charge in [0.15, 0.2) is 5.82 Å². The molecule has 0 aliphatic heterocycles. The largest absolute Gasteiger partial charge is 0.264 e. The minimum absolute atomic E-state index is 0.678. The summed E-state index contributed by atoms with van der Waals surface area (Å²) in [5.74, 6) is 0.678. The third-order valence-electron chi connectivity index (χ3n) is 13.3. The lowest BCUT2D eigenvalue weighted by atomic mass is 9.86. The van der Waals surface area contributed by atoms with Crippen molar-refractivity contribution in [2.45, 2.75) is 0 Å². The molecule has 0 aliphatic carbocycles. The number of hydrogen-bond acceptors (Lipinski definition) is 3. The van der Waals surface area contributed by atoms with E-state index in [1.165, 1.54) is 75.8 Å². The van der Waals surface area contributed by atoms with Crippen LogP contribution in [0.4, 0.5) is 0 Å². The van der Waals surface area contributed by atoms with Crippen LogP contribution in [0.5, 0.6) is 0 Å². The molecule has 11 aromatic carbocycles. The molecule has 0 unspecified atom stereocenters. The number of rotatable bonds is 6. The van der Waals surface area contributed by atoms with Gasteiger partial charge in [-0.05, 0) is 140 Å². The second-order valence-electron chi connectivity index (χ2n) is 17.2. The molecule has 0 bridgehead atoms. The predicted octanol–water partition coefficient (Wildman–Crippen LogP) is 16.8. The first-order valence-electron chi connectivity index (χ1n) is 22.5. The molecule has 2 heterocycles. The van der Waals surface area contributed by atoms with Gasteiger partial charge >= 0.3 is 0 Å². The van der Waals surface area contributed by atoms with Crippen LogP contribution in [-0.2, 0) is 0 Å². The number of benzene rings is 11. The van der Waals surface area contributed by atoms with E-state index in [1.807, 2.05) is 18.3 Å². The van der Waals surface area contributed by atoms with E-state index in [0.717, 1.165) is 50.3 Å². The summed E-state index contributed by atoms with van der Waals surface area (Å²) in [6.07, 6.45) is 3.71. The summed E-state index contributed by atoms with van der Waals surface area (Å²) in [4.78, 5) is 15.0. The first kappa shape index (κ1) is 37.7. The zero-order valence-corrected chi connectivity index (χ0v) is 35.9. The Kier molecular flexibility index (Phi) is 8.85. The normalized spacial score (nSPS) is 11.6. The van der Waals surface area contributed by atoms with Gasteiger partial charge < -0.3 is 0 Å². The Morgan fingerprint density at radius 1 is 0.258 bits per heavy atom. The second kappa shape index (κ2) is 15.5. The van der Waals surface area contributed by atoms with Gasteiger partial charge in [-0.2, -0.15) is 0 Å². The topological polar surface area (TPSA) is 38.7 Å². The molecule has 0 N–H and O–H groups in total. The van der Waals surface area contributed by atoms with Gasteiger partial charge in [0.05, 0.1) is 11.4 Å². The number of nitrogens with zero attached hydrogens (tertiary/aromatic N) is 3. The molecule has 0 saturated carbocycles. The van der Waals surface area contributed by atoms with E-state index in [2.05, 4.69) is 217 Å². The van der Waals surface area contributed by atoms with Crippen molar-refractivity contribution in [1.29, 1.82) is 0 Å². The zero-order chi connectivity index (χ0) is 43.6. The molecule has 3 heteroatoms. The zero-order valence-electron chi connectivity index (χ0n) is 35.9. The van der Waals surface area contributed by atoms with Gasteiger partial charge in [0.1, 0.15) is 0 Å². The highest BCUT2D eigenvalue weighted by Gasteiger charge is 2.19. The molecule has 0 saturated heterocycles. The first-order chi connectivity index (χ1) is 32.7. The molecule has 0 fully saturated rings. The molecule has 13 rings (SSSR count). The van der Waals surface area contributed by atoms with Crippen LogP contribution in [0.15, 0.2) is 237 Å².